The molecule has 2 aromatic rings. The quantitative estimate of drug-likeness (QED) is 0.747. The zero-order valence-electron chi connectivity index (χ0n) is 13.2. The van der Waals surface area contributed by atoms with E-state index >= 15 is 0 Å². The summed E-state index contributed by atoms with van der Waals surface area (Å²) < 4.78 is 13.6. The summed E-state index contributed by atoms with van der Waals surface area (Å²) in [6.45, 7) is 6.24. The van der Waals surface area contributed by atoms with Crippen LogP contribution in [0.1, 0.15) is 26.3 Å². The highest BCUT2D eigenvalue weighted by Crippen LogP contribution is 2.29. The van der Waals surface area contributed by atoms with Crippen LogP contribution in [-0.2, 0) is 11.3 Å². The number of aromatic nitrogens is 2. The zero-order valence-corrected chi connectivity index (χ0v) is 14.8. The fraction of sp³-hybridized carbons (Fsp3) is 0.400. The van der Waals surface area contributed by atoms with Crippen molar-refractivity contribution in [3.8, 4) is 0 Å². The summed E-state index contributed by atoms with van der Waals surface area (Å²) in [4.78, 5) is 11.9. The van der Waals surface area contributed by atoms with Gasteiger partial charge in [-0.2, -0.15) is 0 Å². The van der Waals surface area contributed by atoms with E-state index in [1.54, 1.807) is 12.1 Å². The molecule has 0 fully saturated rings. The first kappa shape index (κ1) is 17.7. The number of rotatable bonds is 7. The summed E-state index contributed by atoms with van der Waals surface area (Å²) in [5.41, 5.74) is 0.959. The minimum atomic E-state index is -0.253. The normalized spacial score (nSPS) is 12.2. The minimum Gasteiger partial charge on any atom is -0.356 e. The summed E-state index contributed by atoms with van der Waals surface area (Å²) in [7, 11) is 0. The summed E-state index contributed by atoms with van der Waals surface area (Å²) in [6.07, 6.45) is 0. The van der Waals surface area contributed by atoms with Gasteiger partial charge < -0.3 is 10.6 Å². The molecule has 23 heavy (non-hydrogen) atoms. The summed E-state index contributed by atoms with van der Waals surface area (Å²) in [5.74, 6) is -0.266. The number of benzene rings is 1. The average molecular weight is 354 g/mol. The van der Waals surface area contributed by atoms with Crippen LogP contribution in [0.5, 0.6) is 0 Å². The molecule has 1 aromatic heterocycles. The number of thioether (sulfide) groups is 1. The van der Waals surface area contributed by atoms with Gasteiger partial charge in [0.1, 0.15) is 5.82 Å². The third kappa shape index (κ3) is 5.80. The third-order valence-electron chi connectivity index (χ3n) is 2.84. The van der Waals surface area contributed by atoms with Crippen molar-refractivity contribution in [1.82, 2.24) is 15.5 Å². The Hall–Kier alpha value is -1.67. The third-order valence-corrected chi connectivity index (χ3v) is 4.91. The molecule has 0 saturated carbocycles. The maximum atomic E-state index is 12.8. The highest BCUT2D eigenvalue weighted by atomic mass is 32.2. The Morgan fingerprint density at radius 1 is 1.26 bits per heavy atom. The fourth-order valence-electron chi connectivity index (χ4n) is 1.72. The molecule has 2 N–H and O–H groups in total. The minimum absolute atomic E-state index is 0.0129. The zero-order chi connectivity index (χ0) is 16.8. The van der Waals surface area contributed by atoms with E-state index in [1.165, 1.54) is 35.2 Å². The van der Waals surface area contributed by atoms with E-state index in [9.17, 15) is 9.18 Å². The number of carbonyl (C=O) groups excluding carboxylic acids is 1. The van der Waals surface area contributed by atoms with Gasteiger partial charge in [0.2, 0.25) is 11.0 Å². The lowest BCUT2D eigenvalue weighted by molar-refractivity contribution is -0.120. The number of halogens is 1. The van der Waals surface area contributed by atoms with Gasteiger partial charge in [0, 0.05) is 12.6 Å². The molecule has 2 rings (SSSR count). The lowest BCUT2D eigenvalue weighted by atomic mass is 10.2. The number of hydrogen-bond donors (Lipinski definition) is 2. The Balaban J connectivity index is 1.85. The maximum absolute atomic E-state index is 12.8. The van der Waals surface area contributed by atoms with Crippen LogP contribution in [0.4, 0.5) is 9.52 Å². The summed E-state index contributed by atoms with van der Waals surface area (Å²) in [5, 5.41) is 14.6. The molecule has 1 amide bonds. The van der Waals surface area contributed by atoms with Crippen LogP contribution in [0.15, 0.2) is 28.6 Å². The Bertz CT molecular complexity index is 645. The van der Waals surface area contributed by atoms with E-state index in [0.717, 1.165) is 9.90 Å². The Kier molecular flexibility index (Phi) is 6.35. The molecular weight excluding hydrogens is 335 g/mol. The second kappa shape index (κ2) is 8.26. The van der Waals surface area contributed by atoms with Crippen molar-refractivity contribution in [2.45, 2.75) is 42.9 Å². The van der Waals surface area contributed by atoms with Crippen molar-refractivity contribution in [2.24, 2.45) is 0 Å². The molecule has 5 nitrogen and oxygen atoms in total. The van der Waals surface area contributed by atoms with Crippen LogP contribution in [0.3, 0.4) is 0 Å². The first-order valence-electron chi connectivity index (χ1n) is 7.23. The van der Waals surface area contributed by atoms with Crippen LogP contribution in [0, 0.1) is 5.82 Å². The molecule has 8 heteroatoms. The van der Waals surface area contributed by atoms with Gasteiger partial charge in [0.15, 0.2) is 4.34 Å². The Labute approximate surface area is 143 Å². The maximum Gasteiger partial charge on any atom is 0.233 e. The molecule has 0 radical (unpaired) electrons. The second-order valence-corrected chi connectivity index (χ2v) is 7.84. The van der Waals surface area contributed by atoms with Crippen molar-refractivity contribution in [1.29, 1.82) is 0 Å². The predicted molar refractivity (Wildman–Crippen MR) is 92.2 cm³/mol. The van der Waals surface area contributed by atoms with Crippen LogP contribution in [0.25, 0.3) is 0 Å². The predicted octanol–water partition coefficient (Wildman–Crippen LogP) is 3.29. The summed E-state index contributed by atoms with van der Waals surface area (Å²) >= 11 is 2.78. The van der Waals surface area contributed by atoms with E-state index in [0.29, 0.717) is 11.7 Å². The molecule has 0 spiro atoms. The molecule has 0 aliphatic rings. The molecule has 0 aliphatic heterocycles. The first-order chi connectivity index (χ1) is 10.9. The Morgan fingerprint density at radius 3 is 2.61 bits per heavy atom. The van der Waals surface area contributed by atoms with Crippen molar-refractivity contribution < 1.29 is 9.18 Å². The fourth-order valence-corrected chi connectivity index (χ4v) is 3.62. The van der Waals surface area contributed by atoms with Gasteiger partial charge >= 0.3 is 0 Å². The van der Waals surface area contributed by atoms with Gasteiger partial charge in [0.25, 0.3) is 0 Å². The van der Waals surface area contributed by atoms with Crippen LogP contribution < -0.4 is 10.6 Å². The molecule has 1 aromatic carbocycles. The van der Waals surface area contributed by atoms with Gasteiger partial charge in [-0.1, -0.05) is 35.2 Å². The highest BCUT2D eigenvalue weighted by molar-refractivity contribution is 8.02. The standard InChI is InChI=1S/C15H19FN4OS2/c1-9(2)18-13(21)10(3)22-15-20-19-14(23-15)17-8-11-4-6-12(16)7-5-11/h4-7,9-10H,8H2,1-3H3,(H,17,19)(H,18,21). The average Bonchev–Trinajstić information content (AvgIpc) is 2.93. The van der Waals surface area contributed by atoms with Crippen LogP contribution >= 0.6 is 23.1 Å². The molecule has 1 atom stereocenters. The van der Waals surface area contributed by atoms with E-state index in [-0.39, 0.29) is 23.0 Å². The second-order valence-electron chi connectivity index (χ2n) is 5.28. The molecule has 0 bridgehead atoms. The van der Waals surface area contributed by atoms with Gasteiger partial charge in [-0.3, -0.25) is 4.79 Å². The molecule has 1 heterocycles. The Morgan fingerprint density at radius 2 is 1.96 bits per heavy atom. The lowest BCUT2D eigenvalue weighted by Crippen LogP contribution is -2.35. The number of nitrogens with zero attached hydrogens (tertiary/aromatic N) is 2. The van der Waals surface area contributed by atoms with E-state index in [4.69, 9.17) is 0 Å². The summed E-state index contributed by atoms with van der Waals surface area (Å²) in [6, 6.07) is 6.41. The number of amides is 1. The van der Waals surface area contributed by atoms with E-state index in [2.05, 4.69) is 20.8 Å². The smallest absolute Gasteiger partial charge is 0.233 e. The first-order valence-corrected chi connectivity index (χ1v) is 8.92. The highest BCUT2D eigenvalue weighted by Gasteiger charge is 2.17. The largest absolute Gasteiger partial charge is 0.356 e. The molecule has 0 saturated heterocycles. The topological polar surface area (TPSA) is 66.9 Å². The molecule has 1 unspecified atom stereocenters. The van der Waals surface area contributed by atoms with Gasteiger partial charge in [-0.25, -0.2) is 4.39 Å². The van der Waals surface area contributed by atoms with Gasteiger partial charge in [-0.15, -0.1) is 10.2 Å². The van der Waals surface area contributed by atoms with Gasteiger partial charge in [0.05, 0.1) is 5.25 Å². The monoisotopic (exact) mass is 354 g/mol. The van der Waals surface area contributed by atoms with Crippen molar-refractivity contribution in [3.63, 3.8) is 0 Å². The van der Waals surface area contributed by atoms with Crippen molar-refractivity contribution in [3.05, 3.63) is 35.6 Å². The number of carbonyl (C=O) groups is 1. The molecule has 0 aliphatic carbocycles. The molecule has 124 valence electrons. The van der Waals surface area contributed by atoms with Crippen LogP contribution in [0.2, 0.25) is 0 Å². The van der Waals surface area contributed by atoms with Crippen LogP contribution in [-0.4, -0.2) is 27.4 Å². The lowest BCUT2D eigenvalue weighted by Gasteiger charge is -2.12. The van der Waals surface area contributed by atoms with Crippen molar-refractivity contribution >= 4 is 34.1 Å². The van der Waals surface area contributed by atoms with E-state index in [1.807, 2.05) is 20.8 Å². The van der Waals surface area contributed by atoms with Gasteiger partial charge in [-0.05, 0) is 38.5 Å². The van der Waals surface area contributed by atoms with E-state index < -0.39 is 0 Å². The molecular formula is C15H19FN4OS2. The number of hydrogen-bond acceptors (Lipinski definition) is 6. The number of anilines is 1. The SMILES string of the molecule is CC(C)NC(=O)C(C)Sc1nnc(NCc2ccc(F)cc2)s1. The number of nitrogens with one attached hydrogen (secondary N) is 2. The van der Waals surface area contributed by atoms with Crippen molar-refractivity contribution in [2.75, 3.05) is 5.32 Å².